The molecule has 0 aliphatic rings. The summed E-state index contributed by atoms with van der Waals surface area (Å²) in [7, 11) is 0. The van der Waals surface area contributed by atoms with Crippen molar-refractivity contribution in [3.8, 4) is 0 Å². The number of nitrogens with one attached hydrogen (secondary N) is 2. The predicted molar refractivity (Wildman–Crippen MR) is 69.1 cm³/mol. The molecule has 3 nitrogen and oxygen atoms in total. The maximum absolute atomic E-state index is 13.0. The second kappa shape index (κ2) is 6.71. The lowest BCUT2D eigenvalue weighted by Crippen LogP contribution is -2.41. The molecule has 1 atom stereocenters. The lowest BCUT2D eigenvalue weighted by Gasteiger charge is -2.14. The topological polar surface area (TPSA) is 41.1 Å². The predicted octanol–water partition coefficient (Wildman–Crippen LogP) is 2.20. The average molecular weight is 303 g/mol. The highest BCUT2D eigenvalue weighted by Crippen LogP contribution is 2.17. The van der Waals surface area contributed by atoms with Crippen molar-refractivity contribution in [2.75, 3.05) is 6.54 Å². The molecule has 0 aromatic heterocycles. The number of hydrogen-bond acceptors (Lipinski definition) is 2. The molecular weight excluding hydrogens is 287 g/mol. The molecule has 0 saturated carbocycles. The molecule has 94 valence electrons. The van der Waals surface area contributed by atoms with Gasteiger partial charge < -0.3 is 10.6 Å². The van der Waals surface area contributed by atoms with Crippen LogP contribution in [0.4, 0.5) is 4.39 Å². The summed E-state index contributed by atoms with van der Waals surface area (Å²) in [6, 6.07) is 4.19. The van der Waals surface area contributed by atoms with Gasteiger partial charge in [-0.3, -0.25) is 4.79 Å². The van der Waals surface area contributed by atoms with E-state index in [-0.39, 0.29) is 17.8 Å². The lowest BCUT2D eigenvalue weighted by molar-refractivity contribution is -0.122. The molecule has 1 unspecified atom stereocenters. The van der Waals surface area contributed by atoms with Crippen LogP contribution in [0.3, 0.4) is 0 Å². The number of carbonyl (C=O) groups excluding carboxylic acids is 1. The molecule has 0 saturated heterocycles. The second-order valence-electron chi connectivity index (χ2n) is 3.73. The Bertz CT molecular complexity index is 398. The summed E-state index contributed by atoms with van der Waals surface area (Å²) in [5, 5.41) is 5.76. The van der Waals surface area contributed by atoms with Gasteiger partial charge in [-0.1, -0.05) is 15.9 Å². The van der Waals surface area contributed by atoms with Crippen molar-refractivity contribution < 1.29 is 9.18 Å². The number of likely N-dealkylation sites (N-methyl/N-ethyl adjacent to an activating group) is 1. The molecular formula is C12H16BrFN2O. The fourth-order valence-corrected chi connectivity index (χ4v) is 1.75. The molecule has 0 radical (unpaired) electrons. The summed E-state index contributed by atoms with van der Waals surface area (Å²) in [6.45, 7) is 4.69. The molecule has 1 aromatic rings. The van der Waals surface area contributed by atoms with E-state index >= 15 is 0 Å². The van der Waals surface area contributed by atoms with E-state index in [2.05, 4.69) is 26.6 Å². The molecule has 17 heavy (non-hydrogen) atoms. The van der Waals surface area contributed by atoms with Crippen LogP contribution in [-0.2, 0) is 11.3 Å². The van der Waals surface area contributed by atoms with E-state index in [1.807, 2.05) is 6.92 Å². The van der Waals surface area contributed by atoms with Crippen molar-refractivity contribution in [1.29, 1.82) is 0 Å². The zero-order chi connectivity index (χ0) is 12.8. The Balaban J connectivity index is 2.55. The number of amides is 1. The highest BCUT2D eigenvalue weighted by molar-refractivity contribution is 9.10. The van der Waals surface area contributed by atoms with Crippen molar-refractivity contribution >= 4 is 21.8 Å². The van der Waals surface area contributed by atoms with Gasteiger partial charge in [0.05, 0.1) is 6.04 Å². The van der Waals surface area contributed by atoms with Crippen LogP contribution in [0.15, 0.2) is 22.7 Å². The fraction of sp³-hybridized carbons (Fsp3) is 0.417. The van der Waals surface area contributed by atoms with Gasteiger partial charge in [0, 0.05) is 17.6 Å². The summed E-state index contributed by atoms with van der Waals surface area (Å²) >= 11 is 3.34. The van der Waals surface area contributed by atoms with Gasteiger partial charge in [0.2, 0.25) is 5.91 Å². The van der Waals surface area contributed by atoms with E-state index in [1.165, 1.54) is 12.1 Å². The second-order valence-corrected chi connectivity index (χ2v) is 4.59. The Labute approximate surface area is 109 Å². The van der Waals surface area contributed by atoms with Crippen LogP contribution in [-0.4, -0.2) is 18.5 Å². The molecule has 0 heterocycles. The molecule has 0 spiro atoms. The van der Waals surface area contributed by atoms with Crippen LogP contribution in [0.5, 0.6) is 0 Å². The number of halogens is 2. The summed E-state index contributed by atoms with van der Waals surface area (Å²) in [5.41, 5.74) is 0.793. The van der Waals surface area contributed by atoms with E-state index in [1.54, 1.807) is 13.0 Å². The molecule has 0 aliphatic carbocycles. The van der Waals surface area contributed by atoms with Crippen molar-refractivity contribution in [2.24, 2.45) is 0 Å². The van der Waals surface area contributed by atoms with Gasteiger partial charge in [0.15, 0.2) is 0 Å². The van der Waals surface area contributed by atoms with Crippen LogP contribution < -0.4 is 10.6 Å². The van der Waals surface area contributed by atoms with Gasteiger partial charge in [-0.2, -0.15) is 0 Å². The monoisotopic (exact) mass is 302 g/mol. The van der Waals surface area contributed by atoms with Crippen molar-refractivity contribution in [1.82, 2.24) is 10.6 Å². The van der Waals surface area contributed by atoms with Gasteiger partial charge in [-0.15, -0.1) is 0 Å². The minimum atomic E-state index is -0.301. The van der Waals surface area contributed by atoms with E-state index in [0.29, 0.717) is 13.1 Å². The number of rotatable bonds is 5. The smallest absolute Gasteiger partial charge is 0.236 e. The van der Waals surface area contributed by atoms with Gasteiger partial charge in [0.1, 0.15) is 5.82 Å². The summed E-state index contributed by atoms with van der Waals surface area (Å²) in [6.07, 6.45) is 0. The Hall–Kier alpha value is -0.940. The maximum atomic E-state index is 13.0. The SMILES string of the molecule is CCNC(=O)C(C)NCc1cc(F)ccc1Br. The van der Waals surface area contributed by atoms with Gasteiger partial charge >= 0.3 is 0 Å². The van der Waals surface area contributed by atoms with Crippen LogP contribution in [0.2, 0.25) is 0 Å². The molecule has 5 heteroatoms. The van der Waals surface area contributed by atoms with Crippen molar-refractivity contribution in [2.45, 2.75) is 26.4 Å². The largest absolute Gasteiger partial charge is 0.355 e. The molecule has 0 fully saturated rings. The highest BCUT2D eigenvalue weighted by atomic mass is 79.9. The standard InChI is InChI=1S/C12H16BrFN2O/c1-3-15-12(17)8(2)16-7-9-6-10(14)4-5-11(9)13/h4-6,8,16H,3,7H2,1-2H3,(H,15,17). The Morgan fingerprint density at radius 3 is 2.88 bits per heavy atom. The zero-order valence-electron chi connectivity index (χ0n) is 9.89. The number of carbonyl (C=O) groups is 1. The zero-order valence-corrected chi connectivity index (χ0v) is 11.5. The molecule has 2 N–H and O–H groups in total. The fourth-order valence-electron chi connectivity index (χ4n) is 1.36. The van der Waals surface area contributed by atoms with Crippen molar-refractivity contribution in [3.05, 3.63) is 34.1 Å². The van der Waals surface area contributed by atoms with E-state index in [0.717, 1.165) is 10.0 Å². The first kappa shape index (κ1) is 14.1. The maximum Gasteiger partial charge on any atom is 0.236 e. The summed E-state index contributed by atoms with van der Waals surface area (Å²) in [4.78, 5) is 11.5. The lowest BCUT2D eigenvalue weighted by atomic mass is 10.2. The highest BCUT2D eigenvalue weighted by Gasteiger charge is 2.11. The molecule has 1 rings (SSSR count). The van der Waals surface area contributed by atoms with E-state index < -0.39 is 0 Å². The van der Waals surface area contributed by atoms with Crippen LogP contribution in [0.25, 0.3) is 0 Å². The van der Waals surface area contributed by atoms with Gasteiger partial charge in [0.25, 0.3) is 0 Å². The first-order chi connectivity index (χ1) is 8.04. The Morgan fingerprint density at radius 1 is 1.53 bits per heavy atom. The van der Waals surface area contributed by atoms with Crippen molar-refractivity contribution in [3.63, 3.8) is 0 Å². The van der Waals surface area contributed by atoms with E-state index in [9.17, 15) is 9.18 Å². The normalized spacial score (nSPS) is 12.2. The number of benzene rings is 1. The molecule has 0 aliphatic heterocycles. The first-order valence-electron chi connectivity index (χ1n) is 5.49. The van der Waals surface area contributed by atoms with Crippen LogP contribution in [0.1, 0.15) is 19.4 Å². The summed E-state index contributed by atoms with van der Waals surface area (Å²) < 4.78 is 13.9. The van der Waals surface area contributed by atoms with E-state index in [4.69, 9.17) is 0 Å². The van der Waals surface area contributed by atoms with Gasteiger partial charge in [-0.05, 0) is 37.6 Å². The third kappa shape index (κ3) is 4.44. The third-order valence-corrected chi connectivity index (χ3v) is 3.12. The Morgan fingerprint density at radius 2 is 2.24 bits per heavy atom. The average Bonchev–Trinajstić information content (AvgIpc) is 2.30. The molecule has 1 amide bonds. The first-order valence-corrected chi connectivity index (χ1v) is 6.29. The van der Waals surface area contributed by atoms with Crippen LogP contribution >= 0.6 is 15.9 Å². The Kier molecular flexibility index (Phi) is 5.58. The van der Waals surface area contributed by atoms with Crippen LogP contribution in [0, 0.1) is 5.82 Å². The third-order valence-electron chi connectivity index (χ3n) is 2.35. The minimum absolute atomic E-state index is 0.0555. The molecule has 1 aromatic carbocycles. The quantitative estimate of drug-likeness (QED) is 0.875. The van der Waals surface area contributed by atoms with Gasteiger partial charge in [-0.25, -0.2) is 4.39 Å². The minimum Gasteiger partial charge on any atom is -0.355 e. The molecule has 0 bridgehead atoms. The summed E-state index contributed by atoms with van der Waals surface area (Å²) in [5.74, 6) is -0.337. The number of hydrogen-bond donors (Lipinski definition) is 2.